The van der Waals surface area contributed by atoms with E-state index < -0.39 is 20.5 Å². The number of amides is 1. The largest absolute Gasteiger partial charge is 0.358 e. The van der Waals surface area contributed by atoms with E-state index in [-0.39, 0.29) is 4.90 Å². The van der Waals surface area contributed by atoms with Crippen LogP contribution in [0.5, 0.6) is 0 Å². The van der Waals surface area contributed by atoms with Crippen molar-refractivity contribution in [3.8, 4) is 0 Å². The van der Waals surface area contributed by atoms with Crippen LogP contribution in [0.2, 0.25) is 0 Å². The Morgan fingerprint density at radius 3 is 2.16 bits per heavy atom. The molecular weight excluding hydrogens is 262 g/mol. The second-order valence-electron chi connectivity index (χ2n) is 4.99. The molecule has 0 aliphatic carbocycles. The summed E-state index contributed by atoms with van der Waals surface area (Å²) in [4.78, 5) is 11.9. The summed E-state index contributed by atoms with van der Waals surface area (Å²) in [5, 5.41) is 2.39. The molecule has 1 N–H and O–H groups in total. The first-order valence-electron chi connectivity index (χ1n) is 6.33. The molecule has 1 rings (SSSR count). The van der Waals surface area contributed by atoms with Gasteiger partial charge in [0.15, 0.2) is 9.84 Å². The number of hydrogen-bond acceptors (Lipinski definition) is 3. The zero-order valence-electron chi connectivity index (χ0n) is 11.9. The van der Waals surface area contributed by atoms with Crippen LogP contribution in [0.25, 0.3) is 0 Å². The minimum atomic E-state index is -3.69. The average molecular weight is 283 g/mol. The summed E-state index contributed by atoms with van der Waals surface area (Å²) in [6, 6.07) is 6.75. The number of rotatable bonds is 5. The van der Waals surface area contributed by atoms with Gasteiger partial charge in [0.2, 0.25) is 5.91 Å². The van der Waals surface area contributed by atoms with E-state index in [0.717, 1.165) is 18.4 Å². The second kappa shape index (κ2) is 5.74. The van der Waals surface area contributed by atoms with Gasteiger partial charge in [-0.05, 0) is 38.0 Å². The molecule has 0 bridgehead atoms. The van der Waals surface area contributed by atoms with Crippen LogP contribution >= 0.6 is 0 Å². The standard InChI is InChI=1S/C14H21NO3S/c1-5-6-11-7-9-12(10-8-11)19(17,18)14(2,3)13(16)15-4/h7-10H,5-6H2,1-4H3,(H,15,16). The molecule has 1 aromatic carbocycles. The van der Waals surface area contributed by atoms with Gasteiger partial charge < -0.3 is 5.32 Å². The number of benzene rings is 1. The number of sulfone groups is 1. The van der Waals surface area contributed by atoms with Crippen molar-refractivity contribution in [3.63, 3.8) is 0 Å². The van der Waals surface area contributed by atoms with Gasteiger partial charge in [-0.15, -0.1) is 0 Å². The lowest BCUT2D eigenvalue weighted by molar-refractivity contribution is -0.122. The van der Waals surface area contributed by atoms with Crippen molar-refractivity contribution in [2.24, 2.45) is 0 Å². The van der Waals surface area contributed by atoms with Crippen LogP contribution in [0.15, 0.2) is 29.2 Å². The van der Waals surface area contributed by atoms with E-state index in [1.165, 1.54) is 20.9 Å². The maximum atomic E-state index is 12.5. The highest BCUT2D eigenvalue weighted by atomic mass is 32.2. The van der Waals surface area contributed by atoms with Gasteiger partial charge in [0.1, 0.15) is 4.75 Å². The lowest BCUT2D eigenvalue weighted by atomic mass is 10.1. The predicted molar refractivity (Wildman–Crippen MR) is 75.8 cm³/mol. The minimum absolute atomic E-state index is 0.181. The summed E-state index contributed by atoms with van der Waals surface area (Å²) in [6.45, 7) is 4.90. The summed E-state index contributed by atoms with van der Waals surface area (Å²) in [5.74, 6) is -0.509. The number of carbonyl (C=O) groups is 1. The lowest BCUT2D eigenvalue weighted by Crippen LogP contribution is -2.46. The highest BCUT2D eigenvalue weighted by Crippen LogP contribution is 2.26. The van der Waals surface area contributed by atoms with Crippen molar-refractivity contribution >= 4 is 15.7 Å². The highest BCUT2D eigenvalue weighted by molar-refractivity contribution is 7.93. The maximum absolute atomic E-state index is 12.5. The van der Waals surface area contributed by atoms with Crippen LogP contribution in [-0.2, 0) is 21.1 Å². The van der Waals surface area contributed by atoms with E-state index in [2.05, 4.69) is 12.2 Å². The SMILES string of the molecule is CCCc1ccc(S(=O)(=O)C(C)(C)C(=O)NC)cc1. The van der Waals surface area contributed by atoms with Crippen LogP contribution in [-0.4, -0.2) is 26.1 Å². The molecular formula is C14H21NO3S. The fourth-order valence-corrected chi connectivity index (χ4v) is 3.27. The van der Waals surface area contributed by atoms with Gasteiger partial charge in [-0.2, -0.15) is 0 Å². The van der Waals surface area contributed by atoms with Gasteiger partial charge in [-0.25, -0.2) is 8.42 Å². The third kappa shape index (κ3) is 2.97. The second-order valence-corrected chi connectivity index (χ2v) is 7.49. The van der Waals surface area contributed by atoms with E-state index in [1.54, 1.807) is 24.3 Å². The molecule has 0 saturated carbocycles. The molecule has 1 aromatic rings. The summed E-state index contributed by atoms with van der Waals surface area (Å²) in [6.07, 6.45) is 1.93. The topological polar surface area (TPSA) is 63.2 Å². The zero-order chi connectivity index (χ0) is 14.7. The van der Waals surface area contributed by atoms with Gasteiger partial charge in [0, 0.05) is 7.05 Å². The Morgan fingerprint density at radius 2 is 1.74 bits per heavy atom. The van der Waals surface area contributed by atoms with Gasteiger partial charge in [-0.3, -0.25) is 4.79 Å². The van der Waals surface area contributed by atoms with E-state index in [9.17, 15) is 13.2 Å². The Morgan fingerprint density at radius 1 is 1.21 bits per heavy atom. The van der Waals surface area contributed by atoms with Crippen molar-refractivity contribution in [3.05, 3.63) is 29.8 Å². The molecule has 0 radical (unpaired) electrons. The van der Waals surface area contributed by atoms with Crippen molar-refractivity contribution in [2.45, 2.75) is 43.3 Å². The molecule has 0 unspecified atom stereocenters. The van der Waals surface area contributed by atoms with Gasteiger partial charge in [-0.1, -0.05) is 25.5 Å². The van der Waals surface area contributed by atoms with E-state index in [1.807, 2.05) is 0 Å². The average Bonchev–Trinajstić information content (AvgIpc) is 2.38. The normalized spacial score (nSPS) is 12.2. The number of aryl methyl sites for hydroxylation is 1. The molecule has 0 spiro atoms. The van der Waals surface area contributed by atoms with Gasteiger partial charge in [0.25, 0.3) is 0 Å². The van der Waals surface area contributed by atoms with Crippen LogP contribution in [0.1, 0.15) is 32.8 Å². The zero-order valence-corrected chi connectivity index (χ0v) is 12.7. The molecule has 19 heavy (non-hydrogen) atoms. The molecule has 1 amide bonds. The summed E-state index contributed by atoms with van der Waals surface area (Å²) in [7, 11) is -2.26. The Labute approximate surface area is 115 Å². The number of carbonyl (C=O) groups excluding carboxylic acids is 1. The monoisotopic (exact) mass is 283 g/mol. The third-order valence-corrected chi connectivity index (χ3v) is 5.64. The van der Waals surface area contributed by atoms with Crippen molar-refractivity contribution in [2.75, 3.05) is 7.05 Å². The van der Waals surface area contributed by atoms with Crippen LogP contribution in [0.4, 0.5) is 0 Å². The maximum Gasteiger partial charge on any atom is 0.241 e. The molecule has 106 valence electrons. The number of hydrogen-bond donors (Lipinski definition) is 1. The molecule has 0 fully saturated rings. The van der Waals surface area contributed by atoms with Crippen molar-refractivity contribution < 1.29 is 13.2 Å². The molecule has 0 aliphatic heterocycles. The summed E-state index contributed by atoms with van der Waals surface area (Å²) >= 11 is 0. The van der Waals surface area contributed by atoms with Crippen molar-refractivity contribution in [1.82, 2.24) is 5.32 Å². The fourth-order valence-electron chi connectivity index (χ4n) is 1.84. The first-order chi connectivity index (χ1) is 8.77. The van der Waals surface area contributed by atoms with E-state index in [0.29, 0.717) is 0 Å². The summed E-state index contributed by atoms with van der Waals surface area (Å²) in [5.41, 5.74) is 1.10. The van der Waals surface area contributed by atoms with Crippen LogP contribution < -0.4 is 5.32 Å². The number of nitrogens with one attached hydrogen (secondary N) is 1. The fraction of sp³-hybridized carbons (Fsp3) is 0.500. The smallest absolute Gasteiger partial charge is 0.241 e. The van der Waals surface area contributed by atoms with Gasteiger partial charge in [0.05, 0.1) is 4.90 Å². The highest BCUT2D eigenvalue weighted by Gasteiger charge is 2.42. The molecule has 0 aromatic heterocycles. The molecule has 0 heterocycles. The van der Waals surface area contributed by atoms with Crippen LogP contribution in [0, 0.1) is 0 Å². The Hall–Kier alpha value is -1.36. The van der Waals surface area contributed by atoms with Crippen molar-refractivity contribution in [1.29, 1.82) is 0 Å². The van der Waals surface area contributed by atoms with E-state index in [4.69, 9.17) is 0 Å². The lowest BCUT2D eigenvalue weighted by Gasteiger charge is -2.22. The Kier molecular flexibility index (Phi) is 4.74. The minimum Gasteiger partial charge on any atom is -0.358 e. The quantitative estimate of drug-likeness (QED) is 0.898. The third-order valence-electron chi connectivity index (χ3n) is 3.22. The predicted octanol–water partition coefficient (Wildman–Crippen LogP) is 1.94. The van der Waals surface area contributed by atoms with Crippen LogP contribution in [0.3, 0.4) is 0 Å². The molecule has 5 heteroatoms. The summed E-state index contributed by atoms with van der Waals surface area (Å²) < 4.78 is 23.4. The molecule has 0 aliphatic rings. The first-order valence-corrected chi connectivity index (χ1v) is 7.81. The molecule has 0 atom stereocenters. The first kappa shape index (κ1) is 15.7. The molecule has 0 saturated heterocycles. The Balaban J connectivity index is 3.17. The molecule has 4 nitrogen and oxygen atoms in total. The Bertz CT molecular complexity index is 545. The van der Waals surface area contributed by atoms with Gasteiger partial charge >= 0.3 is 0 Å². The van der Waals surface area contributed by atoms with E-state index >= 15 is 0 Å².